The second-order valence-electron chi connectivity index (χ2n) is 6.46. The number of ether oxygens (including phenoxy) is 1. The van der Waals surface area contributed by atoms with Crippen molar-refractivity contribution in [2.75, 3.05) is 39.9 Å². The molecule has 0 amide bonds. The third-order valence-corrected chi connectivity index (χ3v) is 6.69. The lowest BCUT2D eigenvalue weighted by Crippen LogP contribution is -2.54. The SMILES string of the molecule is C[N+]1(CC(c2ccccn2)S(=O)(=O)c2ccccc2)CCOCC1. The highest BCUT2D eigenvalue weighted by atomic mass is 32.2. The molecular formula is C18H23N2O3S+. The Morgan fingerprint density at radius 2 is 1.75 bits per heavy atom. The van der Waals surface area contributed by atoms with Crippen LogP contribution in [-0.2, 0) is 14.6 Å². The topological polar surface area (TPSA) is 56.3 Å². The molecule has 0 bridgehead atoms. The first kappa shape index (κ1) is 17.1. The van der Waals surface area contributed by atoms with Crippen LogP contribution in [0, 0.1) is 0 Å². The van der Waals surface area contributed by atoms with Gasteiger partial charge in [0.15, 0.2) is 15.1 Å². The molecule has 0 saturated carbocycles. The molecule has 2 aromatic rings. The van der Waals surface area contributed by atoms with E-state index in [1.165, 1.54) is 0 Å². The number of hydrogen-bond acceptors (Lipinski definition) is 4. The molecular weight excluding hydrogens is 324 g/mol. The molecule has 1 aliphatic rings. The number of hydrogen-bond donors (Lipinski definition) is 0. The summed E-state index contributed by atoms with van der Waals surface area (Å²) in [5.74, 6) is 0. The van der Waals surface area contributed by atoms with Crippen molar-refractivity contribution >= 4 is 9.84 Å². The van der Waals surface area contributed by atoms with Crippen molar-refractivity contribution < 1.29 is 17.6 Å². The number of sulfone groups is 1. The molecule has 2 heterocycles. The van der Waals surface area contributed by atoms with Crippen LogP contribution in [0.15, 0.2) is 59.6 Å². The fraction of sp³-hybridized carbons (Fsp3) is 0.389. The number of likely N-dealkylation sites (N-methyl/N-ethyl adjacent to an activating group) is 1. The van der Waals surface area contributed by atoms with Crippen LogP contribution < -0.4 is 0 Å². The average molecular weight is 347 g/mol. The number of quaternary nitrogens is 1. The van der Waals surface area contributed by atoms with Crippen LogP contribution in [0.4, 0.5) is 0 Å². The Hall–Kier alpha value is -1.76. The van der Waals surface area contributed by atoms with E-state index in [0.717, 1.165) is 13.1 Å². The molecule has 5 nitrogen and oxygen atoms in total. The highest BCUT2D eigenvalue weighted by Crippen LogP contribution is 2.30. The zero-order valence-electron chi connectivity index (χ0n) is 13.8. The predicted octanol–water partition coefficient (Wildman–Crippen LogP) is 2.07. The third kappa shape index (κ3) is 3.66. The Morgan fingerprint density at radius 3 is 2.38 bits per heavy atom. The first-order chi connectivity index (χ1) is 11.5. The average Bonchev–Trinajstić information content (AvgIpc) is 2.62. The Morgan fingerprint density at radius 1 is 1.08 bits per heavy atom. The maximum absolute atomic E-state index is 13.3. The van der Waals surface area contributed by atoms with E-state index in [1.807, 2.05) is 12.1 Å². The standard InChI is InChI=1S/C18H23N2O3S/c1-20(11-13-23-14-12-20)15-18(17-9-5-6-10-19-17)24(21,22)16-7-3-2-4-8-16/h2-10,18H,11-15H2,1H3/q+1. The minimum Gasteiger partial charge on any atom is -0.370 e. The Labute approximate surface area is 143 Å². The summed E-state index contributed by atoms with van der Waals surface area (Å²) in [6.07, 6.45) is 1.65. The summed E-state index contributed by atoms with van der Waals surface area (Å²) in [4.78, 5) is 4.69. The minimum absolute atomic E-state index is 0.348. The second-order valence-corrected chi connectivity index (χ2v) is 8.59. The fourth-order valence-electron chi connectivity index (χ4n) is 3.06. The zero-order valence-corrected chi connectivity index (χ0v) is 14.7. The van der Waals surface area contributed by atoms with Gasteiger partial charge in [-0.25, -0.2) is 8.42 Å². The normalized spacial score (nSPS) is 18.9. The van der Waals surface area contributed by atoms with Crippen molar-refractivity contribution in [2.24, 2.45) is 0 Å². The summed E-state index contributed by atoms with van der Waals surface area (Å²) in [5, 5.41) is -0.663. The summed E-state index contributed by atoms with van der Waals surface area (Å²) in [7, 11) is -1.41. The number of benzene rings is 1. The maximum Gasteiger partial charge on any atom is 0.192 e. The predicted molar refractivity (Wildman–Crippen MR) is 92.2 cm³/mol. The van der Waals surface area contributed by atoms with E-state index in [2.05, 4.69) is 12.0 Å². The molecule has 3 rings (SSSR count). The van der Waals surface area contributed by atoms with Gasteiger partial charge < -0.3 is 9.22 Å². The first-order valence-corrected chi connectivity index (χ1v) is 9.67. The molecule has 1 unspecified atom stereocenters. The lowest BCUT2D eigenvalue weighted by Gasteiger charge is -2.39. The molecule has 0 N–H and O–H groups in total. The molecule has 0 aliphatic carbocycles. The number of rotatable bonds is 5. The summed E-state index contributed by atoms with van der Waals surface area (Å²) in [6.45, 7) is 3.45. The van der Waals surface area contributed by atoms with Crippen molar-refractivity contribution in [3.63, 3.8) is 0 Å². The van der Waals surface area contributed by atoms with E-state index in [0.29, 0.717) is 34.8 Å². The van der Waals surface area contributed by atoms with Crippen molar-refractivity contribution in [1.82, 2.24) is 4.98 Å². The summed E-state index contributed by atoms with van der Waals surface area (Å²) in [5.41, 5.74) is 0.604. The first-order valence-electron chi connectivity index (χ1n) is 8.12. The fourth-order valence-corrected chi connectivity index (χ4v) is 4.94. The van der Waals surface area contributed by atoms with Crippen LogP contribution in [0.2, 0.25) is 0 Å². The molecule has 0 spiro atoms. The Bertz CT molecular complexity index is 757. The number of morpholine rings is 1. The molecule has 1 saturated heterocycles. The van der Waals surface area contributed by atoms with Crippen LogP contribution in [0.5, 0.6) is 0 Å². The van der Waals surface area contributed by atoms with E-state index in [9.17, 15) is 8.42 Å². The molecule has 1 aliphatic heterocycles. The van der Waals surface area contributed by atoms with Gasteiger partial charge in [-0.15, -0.1) is 0 Å². The quantitative estimate of drug-likeness (QED) is 0.777. The van der Waals surface area contributed by atoms with Crippen LogP contribution in [0.25, 0.3) is 0 Å². The van der Waals surface area contributed by atoms with Gasteiger partial charge in [0, 0.05) is 6.20 Å². The van der Waals surface area contributed by atoms with Crippen LogP contribution in [0.1, 0.15) is 10.9 Å². The molecule has 1 atom stereocenters. The highest BCUT2D eigenvalue weighted by molar-refractivity contribution is 7.91. The van der Waals surface area contributed by atoms with Gasteiger partial charge in [-0.2, -0.15) is 0 Å². The lowest BCUT2D eigenvalue weighted by atomic mass is 10.2. The largest absolute Gasteiger partial charge is 0.370 e. The smallest absolute Gasteiger partial charge is 0.192 e. The Balaban J connectivity index is 2.00. The maximum atomic E-state index is 13.3. The van der Waals surface area contributed by atoms with Crippen LogP contribution >= 0.6 is 0 Å². The molecule has 128 valence electrons. The van der Waals surface area contributed by atoms with E-state index in [4.69, 9.17) is 4.74 Å². The van der Waals surface area contributed by atoms with Gasteiger partial charge in [-0.1, -0.05) is 24.3 Å². The summed E-state index contributed by atoms with van der Waals surface area (Å²) >= 11 is 0. The van der Waals surface area contributed by atoms with Crippen LogP contribution in [-0.4, -0.2) is 57.8 Å². The lowest BCUT2D eigenvalue weighted by molar-refractivity contribution is -0.917. The van der Waals surface area contributed by atoms with Crippen molar-refractivity contribution in [2.45, 2.75) is 10.1 Å². The van der Waals surface area contributed by atoms with Crippen molar-refractivity contribution in [3.8, 4) is 0 Å². The van der Waals surface area contributed by atoms with Gasteiger partial charge in [0.05, 0.1) is 30.9 Å². The van der Waals surface area contributed by atoms with Gasteiger partial charge in [0.2, 0.25) is 0 Å². The molecule has 1 aromatic carbocycles. The molecule has 24 heavy (non-hydrogen) atoms. The third-order valence-electron chi connectivity index (χ3n) is 4.62. The molecule has 1 fully saturated rings. The van der Waals surface area contributed by atoms with E-state index < -0.39 is 15.1 Å². The number of pyridine rings is 1. The van der Waals surface area contributed by atoms with Gasteiger partial charge in [-0.05, 0) is 24.3 Å². The molecule has 6 heteroatoms. The van der Waals surface area contributed by atoms with Gasteiger partial charge in [-0.3, -0.25) is 4.98 Å². The van der Waals surface area contributed by atoms with Crippen LogP contribution in [0.3, 0.4) is 0 Å². The minimum atomic E-state index is -3.51. The second kappa shape index (κ2) is 7.01. The van der Waals surface area contributed by atoms with E-state index in [1.54, 1.807) is 42.6 Å². The number of nitrogens with zero attached hydrogens (tertiary/aromatic N) is 2. The Kier molecular flexibility index (Phi) is 4.99. The summed E-state index contributed by atoms with van der Waals surface area (Å²) in [6, 6.07) is 14.1. The number of aromatic nitrogens is 1. The van der Waals surface area contributed by atoms with Gasteiger partial charge in [0.1, 0.15) is 19.6 Å². The zero-order chi connectivity index (χ0) is 17.0. The summed E-state index contributed by atoms with van der Waals surface area (Å²) < 4.78 is 32.7. The monoisotopic (exact) mass is 347 g/mol. The van der Waals surface area contributed by atoms with Gasteiger partial charge >= 0.3 is 0 Å². The van der Waals surface area contributed by atoms with E-state index in [-0.39, 0.29) is 0 Å². The van der Waals surface area contributed by atoms with E-state index >= 15 is 0 Å². The molecule has 0 radical (unpaired) electrons. The van der Waals surface area contributed by atoms with Crippen molar-refractivity contribution in [1.29, 1.82) is 0 Å². The van der Waals surface area contributed by atoms with Crippen molar-refractivity contribution in [3.05, 3.63) is 60.4 Å². The van der Waals surface area contributed by atoms with Gasteiger partial charge in [0.25, 0.3) is 0 Å². The highest BCUT2D eigenvalue weighted by Gasteiger charge is 2.38. The molecule has 1 aromatic heterocycles.